The first-order chi connectivity index (χ1) is 10.0. The van der Waals surface area contributed by atoms with E-state index in [1.165, 1.54) is 6.07 Å². The molecule has 5 heteroatoms. The maximum atomic E-state index is 13.5. The molecular weight excluding hydrogens is 269 g/mol. The van der Waals surface area contributed by atoms with Gasteiger partial charge in [-0.25, -0.2) is 4.39 Å². The van der Waals surface area contributed by atoms with E-state index >= 15 is 0 Å². The van der Waals surface area contributed by atoms with E-state index in [1.807, 2.05) is 0 Å². The van der Waals surface area contributed by atoms with Crippen molar-refractivity contribution >= 4 is 5.91 Å². The lowest BCUT2D eigenvalue weighted by molar-refractivity contribution is 0.0934. The van der Waals surface area contributed by atoms with E-state index in [1.54, 1.807) is 44.3 Å². The van der Waals surface area contributed by atoms with Crippen LogP contribution in [0.5, 0.6) is 0 Å². The number of amides is 1. The number of hydrogen-bond acceptors (Lipinski definition) is 3. The minimum absolute atomic E-state index is 0.279. The molecule has 0 fully saturated rings. The van der Waals surface area contributed by atoms with Crippen molar-refractivity contribution in [3.63, 3.8) is 0 Å². The number of hydrogen-bond donors (Lipinski definition) is 2. The van der Waals surface area contributed by atoms with E-state index in [0.717, 1.165) is 5.56 Å². The second kappa shape index (κ2) is 6.45. The molecule has 1 heterocycles. The SMILES string of the molecule is Cc1ccc(C(C)NC(=O)c2ccc(CN)cn2)cc1F. The van der Waals surface area contributed by atoms with Crippen molar-refractivity contribution in [3.8, 4) is 0 Å². The molecule has 1 aromatic heterocycles. The van der Waals surface area contributed by atoms with Crippen LogP contribution in [0.15, 0.2) is 36.5 Å². The van der Waals surface area contributed by atoms with Gasteiger partial charge in [0.2, 0.25) is 0 Å². The third-order valence-electron chi connectivity index (χ3n) is 3.34. The molecule has 110 valence electrons. The standard InChI is InChI=1S/C16H18FN3O/c1-10-3-5-13(7-14(10)17)11(2)20-16(21)15-6-4-12(8-18)9-19-15/h3-7,9,11H,8,18H2,1-2H3,(H,20,21). The molecule has 1 unspecified atom stereocenters. The lowest BCUT2D eigenvalue weighted by Crippen LogP contribution is -2.27. The summed E-state index contributed by atoms with van der Waals surface area (Å²) in [5.41, 5.74) is 7.95. The number of nitrogens with one attached hydrogen (secondary N) is 1. The number of halogens is 1. The molecule has 2 aromatic rings. The van der Waals surface area contributed by atoms with E-state index in [0.29, 0.717) is 23.4 Å². The highest BCUT2D eigenvalue weighted by Crippen LogP contribution is 2.16. The van der Waals surface area contributed by atoms with E-state index in [4.69, 9.17) is 5.73 Å². The molecule has 0 spiro atoms. The summed E-state index contributed by atoms with van der Waals surface area (Å²) in [7, 11) is 0. The Morgan fingerprint density at radius 3 is 2.71 bits per heavy atom. The van der Waals surface area contributed by atoms with Crippen molar-refractivity contribution in [2.45, 2.75) is 26.4 Å². The molecule has 0 aliphatic heterocycles. The first kappa shape index (κ1) is 15.1. The lowest BCUT2D eigenvalue weighted by Gasteiger charge is -2.14. The summed E-state index contributed by atoms with van der Waals surface area (Å²) in [5, 5.41) is 2.80. The Kier molecular flexibility index (Phi) is 4.65. The zero-order valence-electron chi connectivity index (χ0n) is 12.1. The molecule has 0 saturated carbocycles. The first-order valence-electron chi connectivity index (χ1n) is 6.73. The lowest BCUT2D eigenvalue weighted by atomic mass is 10.1. The van der Waals surface area contributed by atoms with Crippen LogP contribution in [0.1, 0.15) is 40.1 Å². The maximum Gasteiger partial charge on any atom is 0.270 e. The molecule has 1 aromatic carbocycles. The quantitative estimate of drug-likeness (QED) is 0.907. The van der Waals surface area contributed by atoms with Gasteiger partial charge in [-0.1, -0.05) is 18.2 Å². The highest BCUT2D eigenvalue weighted by molar-refractivity contribution is 5.92. The summed E-state index contributed by atoms with van der Waals surface area (Å²) >= 11 is 0. The molecule has 3 N–H and O–H groups in total. The molecule has 0 aliphatic rings. The smallest absolute Gasteiger partial charge is 0.270 e. The summed E-state index contributed by atoms with van der Waals surface area (Å²) in [6, 6.07) is 8.02. The topological polar surface area (TPSA) is 68.0 Å². The van der Waals surface area contributed by atoms with Gasteiger partial charge in [0, 0.05) is 12.7 Å². The predicted octanol–water partition coefficient (Wildman–Crippen LogP) is 2.48. The number of nitrogens with zero attached hydrogens (tertiary/aromatic N) is 1. The van der Waals surface area contributed by atoms with E-state index in [-0.39, 0.29) is 17.8 Å². The summed E-state index contributed by atoms with van der Waals surface area (Å²) in [5.74, 6) is -0.578. The average Bonchev–Trinajstić information content (AvgIpc) is 2.50. The summed E-state index contributed by atoms with van der Waals surface area (Å²) in [4.78, 5) is 16.1. The van der Waals surface area contributed by atoms with Gasteiger partial charge in [-0.3, -0.25) is 9.78 Å². The van der Waals surface area contributed by atoms with Gasteiger partial charge in [-0.15, -0.1) is 0 Å². The normalized spacial score (nSPS) is 12.0. The summed E-state index contributed by atoms with van der Waals surface area (Å²) in [6.07, 6.45) is 1.57. The van der Waals surface area contributed by atoms with Gasteiger partial charge in [0.05, 0.1) is 6.04 Å². The number of carbonyl (C=O) groups excluding carboxylic acids is 1. The van der Waals surface area contributed by atoms with Crippen LogP contribution in [-0.2, 0) is 6.54 Å². The van der Waals surface area contributed by atoms with Crippen LogP contribution < -0.4 is 11.1 Å². The van der Waals surface area contributed by atoms with Crippen LogP contribution in [0.25, 0.3) is 0 Å². The van der Waals surface area contributed by atoms with Crippen molar-refractivity contribution < 1.29 is 9.18 Å². The van der Waals surface area contributed by atoms with Gasteiger partial charge >= 0.3 is 0 Å². The fraction of sp³-hybridized carbons (Fsp3) is 0.250. The Morgan fingerprint density at radius 1 is 1.38 bits per heavy atom. The van der Waals surface area contributed by atoms with Gasteiger partial charge in [0.15, 0.2) is 0 Å². The zero-order valence-corrected chi connectivity index (χ0v) is 12.1. The summed E-state index contributed by atoms with van der Waals surface area (Å²) in [6.45, 7) is 3.88. The molecule has 1 amide bonds. The van der Waals surface area contributed by atoms with Crippen molar-refractivity contribution in [2.24, 2.45) is 5.73 Å². The molecule has 2 rings (SSSR count). The second-order valence-corrected chi connectivity index (χ2v) is 4.96. The molecule has 0 aliphatic carbocycles. The fourth-order valence-electron chi connectivity index (χ4n) is 1.91. The molecular formula is C16H18FN3O. The van der Waals surface area contributed by atoms with Crippen LogP contribution in [0.4, 0.5) is 4.39 Å². The van der Waals surface area contributed by atoms with E-state index in [9.17, 15) is 9.18 Å². The third-order valence-corrected chi connectivity index (χ3v) is 3.34. The number of benzene rings is 1. The van der Waals surface area contributed by atoms with Crippen LogP contribution in [-0.4, -0.2) is 10.9 Å². The van der Waals surface area contributed by atoms with Crippen molar-refractivity contribution in [1.82, 2.24) is 10.3 Å². The minimum Gasteiger partial charge on any atom is -0.344 e. The van der Waals surface area contributed by atoms with Crippen molar-refractivity contribution in [1.29, 1.82) is 0 Å². The van der Waals surface area contributed by atoms with Crippen LogP contribution in [0.2, 0.25) is 0 Å². The van der Waals surface area contributed by atoms with Gasteiger partial charge in [-0.05, 0) is 42.7 Å². The molecule has 21 heavy (non-hydrogen) atoms. The van der Waals surface area contributed by atoms with Crippen LogP contribution in [0.3, 0.4) is 0 Å². The number of rotatable bonds is 4. The number of nitrogens with two attached hydrogens (primary N) is 1. The van der Waals surface area contributed by atoms with Gasteiger partial charge < -0.3 is 11.1 Å². The van der Waals surface area contributed by atoms with Crippen molar-refractivity contribution in [2.75, 3.05) is 0 Å². The van der Waals surface area contributed by atoms with Gasteiger partial charge in [0.25, 0.3) is 5.91 Å². The largest absolute Gasteiger partial charge is 0.344 e. The fourth-order valence-corrected chi connectivity index (χ4v) is 1.91. The van der Waals surface area contributed by atoms with Crippen LogP contribution in [0, 0.1) is 12.7 Å². The monoisotopic (exact) mass is 287 g/mol. The highest BCUT2D eigenvalue weighted by Gasteiger charge is 2.13. The third kappa shape index (κ3) is 3.64. The molecule has 4 nitrogen and oxygen atoms in total. The van der Waals surface area contributed by atoms with Crippen LogP contribution >= 0.6 is 0 Å². The molecule has 0 saturated heterocycles. The first-order valence-corrected chi connectivity index (χ1v) is 6.73. The number of aromatic nitrogens is 1. The highest BCUT2D eigenvalue weighted by atomic mass is 19.1. The second-order valence-electron chi connectivity index (χ2n) is 4.96. The Morgan fingerprint density at radius 2 is 2.14 bits per heavy atom. The summed E-state index contributed by atoms with van der Waals surface area (Å²) < 4.78 is 13.5. The number of pyridine rings is 1. The maximum absolute atomic E-state index is 13.5. The average molecular weight is 287 g/mol. The van der Waals surface area contributed by atoms with Gasteiger partial charge in [0.1, 0.15) is 11.5 Å². The van der Waals surface area contributed by atoms with Gasteiger partial charge in [-0.2, -0.15) is 0 Å². The Hall–Kier alpha value is -2.27. The molecule has 0 radical (unpaired) electrons. The zero-order chi connectivity index (χ0) is 15.4. The molecule has 1 atom stereocenters. The Bertz CT molecular complexity index is 640. The minimum atomic E-state index is -0.302. The van der Waals surface area contributed by atoms with Crippen molar-refractivity contribution in [3.05, 3.63) is 64.7 Å². The molecule has 0 bridgehead atoms. The predicted molar refractivity (Wildman–Crippen MR) is 79.1 cm³/mol. The van der Waals surface area contributed by atoms with E-state index < -0.39 is 0 Å². The number of carbonyl (C=O) groups is 1. The Labute approximate surface area is 123 Å². The Balaban J connectivity index is 2.08. The van der Waals surface area contributed by atoms with E-state index in [2.05, 4.69) is 10.3 Å². The number of aryl methyl sites for hydroxylation is 1.